The van der Waals surface area contributed by atoms with Crippen molar-refractivity contribution in [3.63, 3.8) is 0 Å². The van der Waals surface area contributed by atoms with Crippen LogP contribution < -0.4 is 12.4 Å². The molecular formula is H5AlBaClLaN2O6Zr. The van der Waals surface area contributed by atoms with Gasteiger partial charge in [0.1, 0.15) is 0 Å². The predicted molar refractivity (Wildman–Crippen MR) is 38.6 cm³/mol. The molecule has 0 saturated carbocycles. The zero-order chi connectivity index (χ0) is 7.15. The van der Waals surface area contributed by atoms with E-state index in [1.807, 2.05) is 0 Å². The van der Waals surface area contributed by atoms with Crippen LogP contribution in [0.5, 0.6) is 0 Å². The van der Waals surface area contributed by atoms with E-state index in [1.165, 1.54) is 0 Å². The summed E-state index contributed by atoms with van der Waals surface area (Å²) >= 11 is 0. The second-order valence-electron chi connectivity index (χ2n) is 0.447. The van der Waals surface area contributed by atoms with Crippen molar-refractivity contribution in [1.82, 2.24) is 0 Å². The molecule has 0 heterocycles. The average Bonchev–Trinajstić information content (AvgIpc) is 1.25. The van der Waals surface area contributed by atoms with Gasteiger partial charge < -0.3 is 45.9 Å². The molecular weight excluding hydrogens is 554 g/mol. The van der Waals surface area contributed by atoms with Crippen LogP contribution in [0.15, 0.2) is 0 Å². The summed E-state index contributed by atoms with van der Waals surface area (Å²) in [4.78, 5) is 16.5. The molecule has 0 saturated heterocycles. The van der Waals surface area contributed by atoms with Gasteiger partial charge >= 0.3 is 84.5 Å². The molecule has 0 aromatic heterocycles. The van der Waals surface area contributed by atoms with Gasteiger partial charge in [-0.1, -0.05) is 0 Å². The molecule has 0 aromatic carbocycles. The number of hydrogen-bond acceptors (Lipinski definition) is 6. The fourth-order valence-corrected chi connectivity index (χ4v) is 0. The van der Waals surface area contributed by atoms with E-state index in [1.54, 1.807) is 0 Å². The van der Waals surface area contributed by atoms with Gasteiger partial charge in [-0.15, -0.1) is 0 Å². The van der Waals surface area contributed by atoms with Gasteiger partial charge in [0.2, 0.25) is 0 Å². The van der Waals surface area contributed by atoms with E-state index < -0.39 is 10.2 Å². The Bertz CT molecular complexity index is 97.1. The van der Waals surface area contributed by atoms with Crippen LogP contribution in [0.25, 0.3) is 0 Å². The minimum atomic E-state index is -1.75. The molecule has 0 amide bonds. The van der Waals surface area contributed by atoms with Crippen LogP contribution in [0.4, 0.5) is 0 Å². The van der Waals surface area contributed by atoms with Crippen molar-refractivity contribution in [3.8, 4) is 0 Å². The Balaban J connectivity index is -0.00000000468. The van der Waals surface area contributed by atoms with Crippen LogP contribution in [0, 0.1) is 66.2 Å². The standard InChI is InChI=1S/Al.Ba.ClH.La.2NO3.Zr.5H/c;;;;2*2-1(3)4;;;;;;/h;;1H;;;;;;;;;/q;+2;;+3;2*-1;;;;;2*-1/p-1. The van der Waals surface area contributed by atoms with Gasteiger partial charge in [0.15, 0.2) is 17.4 Å². The molecule has 70 valence electrons. The van der Waals surface area contributed by atoms with Crippen LogP contribution in [0.3, 0.4) is 0 Å². The smallest absolute Gasteiger partial charge is 1.00 e. The minimum Gasteiger partial charge on any atom is -1.00 e. The van der Waals surface area contributed by atoms with E-state index >= 15 is 0 Å². The van der Waals surface area contributed by atoms with Gasteiger partial charge in [0, 0.05) is 26.2 Å². The summed E-state index contributed by atoms with van der Waals surface area (Å²) in [6.07, 6.45) is 0. The molecule has 0 radical (unpaired) electrons. The first-order valence-corrected chi connectivity index (χ1v) is 1.10. The Morgan fingerprint density at radius 3 is 0.923 bits per heavy atom. The minimum absolute atomic E-state index is 0. The number of rotatable bonds is 0. The molecule has 0 aliphatic heterocycles. The molecule has 13 heavy (non-hydrogen) atoms. The topological polar surface area (TPSA) is 132 Å². The first-order chi connectivity index (χ1) is 3.46. The van der Waals surface area contributed by atoms with E-state index in [9.17, 15) is 0 Å². The van der Waals surface area contributed by atoms with Crippen molar-refractivity contribution >= 4 is 66.2 Å². The Morgan fingerprint density at radius 2 is 0.923 bits per heavy atom. The molecule has 0 rings (SSSR count). The van der Waals surface area contributed by atoms with Crippen molar-refractivity contribution in [3.05, 3.63) is 30.6 Å². The van der Waals surface area contributed by atoms with Crippen molar-refractivity contribution < 1.29 is 87.2 Å². The van der Waals surface area contributed by atoms with Gasteiger partial charge in [0.05, 0.1) is 10.2 Å². The summed E-state index contributed by atoms with van der Waals surface area (Å²) in [5.74, 6) is 0. The molecule has 13 heteroatoms. The Hall–Kier alpha value is 2.87. The SMILES string of the molecule is O=[N+]([O-])[O-].O=[N+]([O-])[O-].[AlH3].[Ba+2].[Cl-].[H-].[H-].[La+3].[Zr]. The van der Waals surface area contributed by atoms with Crippen molar-refractivity contribution in [1.29, 1.82) is 0 Å². The molecule has 8 nitrogen and oxygen atoms in total. The maximum atomic E-state index is 8.25. The molecule has 0 unspecified atom stereocenters. The van der Waals surface area contributed by atoms with Crippen molar-refractivity contribution in [2.45, 2.75) is 0 Å². The number of nitrogens with zero attached hydrogens (tertiary/aromatic N) is 2. The molecule has 0 N–H and O–H groups in total. The zero-order valence-corrected chi connectivity index (χ0v) is 16.8. The summed E-state index contributed by atoms with van der Waals surface area (Å²) in [5, 5.41) is 29.5. The van der Waals surface area contributed by atoms with Crippen molar-refractivity contribution in [2.75, 3.05) is 0 Å². The van der Waals surface area contributed by atoms with Gasteiger partial charge in [-0.3, -0.25) is 0 Å². The predicted octanol–water partition coefficient (Wildman–Crippen LogP) is -4.82. The van der Waals surface area contributed by atoms with Crippen LogP contribution in [0.2, 0.25) is 0 Å². The van der Waals surface area contributed by atoms with Gasteiger partial charge in [0.25, 0.3) is 0 Å². The first kappa shape index (κ1) is 44.6. The number of halogens is 1. The van der Waals surface area contributed by atoms with E-state index in [0.717, 1.165) is 0 Å². The van der Waals surface area contributed by atoms with Gasteiger partial charge in [-0.2, -0.15) is 0 Å². The molecule has 0 atom stereocenters. The molecule has 0 aromatic rings. The molecule has 0 aliphatic rings. The normalized spacial score (nSPS) is 3.69. The summed E-state index contributed by atoms with van der Waals surface area (Å²) < 4.78 is 0. The average molecular weight is 559 g/mol. The fraction of sp³-hybridized carbons (Fsp3) is 0. The third-order valence-corrected chi connectivity index (χ3v) is 0. The van der Waals surface area contributed by atoms with Crippen LogP contribution in [0.1, 0.15) is 2.85 Å². The summed E-state index contributed by atoms with van der Waals surface area (Å²) in [7, 11) is 0. The van der Waals surface area contributed by atoms with Crippen LogP contribution >= 0.6 is 0 Å². The van der Waals surface area contributed by atoms with Crippen LogP contribution in [-0.4, -0.2) is 76.4 Å². The van der Waals surface area contributed by atoms with Gasteiger partial charge in [-0.05, 0) is 0 Å². The largest absolute Gasteiger partial charge is 3.00 e. The van der Waals surface area contributed by atoms with E-state index in [4.69, 9.17) is 30.6 Å². The molecule has 0 bridgehead atoms. The second-order valence-corrected chi connectivity index (χ2v) is 0.447. The third-order valence-electron chi connectivity index (χ3n) is 0. The second kappa shape index (κ2) is 36.4. The van der Waals surface area contributed by atoms with E-state index in [-0.39, 0.29) is 143 Å². The molecule has 0 spiro atoms. The van der Waals surface area contributed by atoms with Crippen molar-refractivity contribution in [2.24, 2.45) is 0 Å². The number of hydrogen-bond donors (Lipinski definition) is 0. The first-order valence-electron chi connectivity index (χ1n) is 1.10. The zero-order valence-electron chi connectivity index (χ0n) is 7.51. The summed E-state index contributed by atoms with van der Waals surface area (Å²) in [5.41, 5.74) is 0. The van der Waals surface area contributed by atoms with E-state index in [2.05, 4.69) is 0 Å². The summed E-state index contributed by atoms with van der Waals surface area (Å²) in [6, 6.07) is 0. The van der Waals surface area contributed by atoms with Gasteiger partial charge in [-0.25, -0.2) is 0 Å². The third kappa shape index (κ3) is 299. The fourth-order valence-electron chi connectivity index (χ4n) is 0. The monoisotopic (exact) mass is 558 g/mol. The maximum Gasteiger partial charge on any atom is 3.00 e. The van der Waals surface area contributed by atoms with E-state index in [0.29, 0.717) is 0 Å². The quantitative estimate of drug-likeness (QED) is 0.166. The molecule has 0 fully saturated rings. The van der Waals surface area contributed by atoms with Crippen LogP contribution in [-0.2, 0) is 26.2 Å². The Labute approximate surface area is 180 Å². The Kier molecular flexibility index (Phi) is 125. The molecule has 0 aliphatic carbocycles. The maximum absolute atomic E-state index is 8.25. The summed E-state index contributed by atoms with van der Waals surface area (Å²) in [6.45, 7) is 0. The Morgan fingerprint density at radius 1 is 0.923 bits per heavy atom.